The van der Waals surface area contributed by atoms with Gasteiger partial charge in [0.15, 0.2) is 18.0 Å². The summed E-state index contributed by atoms with van der Waals surface area (Å²) in [5.41, 5.74) is 1.61. The Morgan fingerprint density at radius 3 is 2.88 bits per heavy atom. The molecular formula is C18H20N6O2. The Balaban J connectivity index is 1.36. The van der Waals surface area contributed by atoms with Gasteiger partial charge in [0.2, 0.25) is 0 Å². The van der Waals surface area contributed by atoms with Crippen LogP contribution < -0.4 is 5.32 Å². The van der Waals surface area contributed by atoms with Crippen molar-refractivity contribution in [3.63, 3.8) is 0 Å². The van der Waals surface area contributed by atoms with Crippen LogP contribution in [-0.4, -0.2) is 44.2 Å². The number of nitrogens with one attached hydrogen (secondary N) is 2. The highest BCUT2D eigenvalue weighted by Crippen LogP contribution is 2.26. The lowest BCUT2D eigenvalue weighted by Crippen LogP contribution is -2.40. The fourth-order valence-corrected chi connectivity index (χ4v) is 3.19. The van der Waals surface area contributed by atoms with Crippen LogP contribution in [0.5, 0.6) is 0 Å². The topological polar surface area (TPSA) is 99.9 Å². The van der Waals surface area contributed by atoms with Crippen molar-refractivity contribution in [2.24, 2.45) is 0 Å². The molecule has 0 spiro atoms. The summed E-state index contributed by atoms with van der Waals surface area (Å²) >= 11 is 0. The molecular weight excluding hydrogens is 332 g/mol. The summed E-state index contributed by atoms with van der Waals surface area (Å²) in [5, 5.41) is 10.1. The van der Waals surface area contributed by atoms with Gasteiger partial charge in [0.1, 0.15) is 5.82 Å². The first-order valence-corrected chi connectivity index (χ1v) is 8.63. The SMILES string of the molecule is Cc1nc(C2CCN(C(=O)Nc3cccc(-c4cnco4)c3)CC2)n[nH]1. The number of aromatic amines is 1. The fourth-order valence-electron chi connectivity index (χ4n) is 3.19. The quantitative estimate of drug-likeness (QED) is 0.754. The number of carbonyl (C=O) groups is 1. The summed E-state index contributed by atoms with van der Waals surface area (Å²) in [6, 6.07) is 7.44. The number of hydrogen-bond acceptors (Lipinski definition) is 5. The Morgan fingerprint density at radius 1 is 1.35 bits per heavy atom. The molecule has 1 saturated heterocycles. The summed E-state index contributed by atoms with van der Waals surface area (Å²) in [7, 11) is 0. The molecule has 3 aromatic rings. The molecule has 3 heterocycles. The van der Waals surface area contributed by atoms with E-state index in [1.54, 1.807) is 6.20 Å². The molecule has 0 unspecified atom stereocenters. The number of piperidine rings is 1. The molecule has 1 fully saturated rings. The van der Waals surface area contributed by atoms with Gasteiger partial charge in [0, 0.05) is 30.3 Å². The third-order valence-corrected chi connectivity index (χ3v) is 4.59. The van der Waals surface area contributed by atoms with E-state index in [2.05, 4.69) is 25.5 Å². The van der Waals surface area contributed by atoms with Crippen LogP contribution in [0.3, 0.4) is 0 Å². The van der Waals surface area contributed by atoms with E-state index in [-0.39, 0.29) is 6.03 Å². The molecule has 0 bridgehead atoms. The molecule has 0 atom stereocenters. The molecule has 1 aliphatic rings. The summed E-state index contributed by atoms with van der Waals surface area (Å²) in [6.07, 6.45) is 4.77. The summed E-state index contributed by atoms with van der Waals surface area (Å²) in [4.78, 5) is 22.7. The van der Waals surface area contributed by atoms with Crippen LogP contribution in [0.1, 0.15) is 30.4 Å². The molecule has 26 heavy (non-hydrogen) atoms. The maximum Gasteiger partial charge on any atom is 0.321 e. The van der Waals surface area contributed by atoms with Gasteiger partial charge in [0.25, 0.3) is 0 Å². The minimum atomic E-state index is -0.0932. The maximum absolute atomic E-state index is 12.6. The standard InChI is InChI=1S/C18H20N6O2/c1-12-20-17(23-22-12)13-5-7-24(8-6-13)18(25)21-15-4-2-3-14(9-15)16-10-19-11-26-16/h2-4,9-11,13H,5-8H2,1H3,(H,21,25)(H,20,22,23). The first kappa shape index (κ1) is 16.3. The molecule has 2 N–H and O–H groups in total. The summed E-state index contributed by atoms with van der Waals surface area (Å²) < 4.78 is 5.30. The number of carbonyl (C=O) groups excluding carboxylic acids is 1. The molecule has 8 heteroatoms. The van der Waals surface area contributed by atoms with Crippen molar-refractivity contribution < 1.29 is 9.21 Å². The number of rotatable bonds is 3. The van der Waals surface area contributed by atoms with E-state index in [1.165, 1.54) is 6.39 Å². The van der Waals surface area contributed by atoms with E-state index in [9.17, 15) is 4.79 Å². The number of hydrogen-bond donors (Lipinski definition) is 2. The number of nitrogens with zero attached hydrogens (tertiary/aromatic N) is 4. The van der Waals surface area contributed by atoms with Crippen molar-refractivity contribution in [1.82, 2.24) is 25.1 Å². The lowest BCUT2D eigenvalue weighted by molar-refractivity contribution is 0.193. The number of oxazole rings is 1. The van der Waals surface area contributed by atoms with Gasteiger partial charge in [-0.15, -0.1) is 0 Å². The Hall–Kier alpha value is -3.16. The highest BCUT2D eigenvalue weighted by atomic mass is 16.3. The average molecular weight is 352 g/mol. The van der Waals surface area contributed by atoms with Crippen molar-refractivity contribution in [3.8, 4) is 11.3 Å². The number of urea groups is 1. The first-order chi connectivity index (χ1) is 12.7. The van der Waals surface area contributed by atoms with E-state index in [0.29, 0.717) is 24.8 Å². The molecule has 2 amide bonds. The zero-order chi connectivity index (χ0) is 17.9. The predicted octanol–water partition coefficient (Wildman–Crippen LogP) is 3.18. The van der Waals surface area contributed by atoms with Crippen LogP contribution in [0.2, 0.25) is 0 Å². The summed E-state index contributed by atoms with van der Waals surface area (Å²) in [5.74, 6) is 2.65. The fraction of sp³-hybridized carbons (Fsp3) is 0.333. The van der Waals surface area contributed by atoms with Gasteiger partial charge in [-0.25, -0.2) is 14.8 Å². The summed E-state index contributed by atoms with van der Waals surface area (Å²) in [6.45, 7) is 3.27. The van der Waals surface area contributed by atoms with Gasteiger partial charge in [-0.2, -0.15) is 5.10 Å². The lowest BCUT2D eigenvalue weighted by atomic mass is 9.96. The number of aromatic nitrogens is 4. The number of likely N-dealkylation sites (tertiary alicyclic amines) is 1. The van der Waals surface area contributed by atoms with Crippen LogP contribution in [0.25, 0.3) is 11.3 Å². The average Bonchev–Trinajstić information content (AvgIpc) is 3.34. The van der Waals surface area contributed by atoms with Gasteiger partial charge >= 0.3 is 6.03 Å². The van der Waals surface area contributed by atoms with Crippen molar-refractivity contribution in [2.45, 2.75) is 25.7 Å². The largest absolute Gasteiger partial charge is 0.444 e. The van der Waals surface area contributed by atoms with Gasteiger partial charge in [-0.3, -0.25) is 5.10 Å². The second kappa shape index (κ2) is 6.99. The van der Waals surface area contributed by atoms with E-state index in [1.807, 2.05) is 36.1 Å². The molecule has 134 valence electrons. The smallest absolute Gasteiger partial charge is 0.321 e. The second-order valence-corrected chi connectivity index (χ2v) is 6.42. The second-order valence-electron chi connectivity index (χ2n) is 6.42. The van der Waals surface area contributed by atoms with E-state index < -0.39 is 0 Å². The van der Waals surface area contributed by atoms with Gasteiger partial charge < -0.3 is 14.6 Å². The minimum Gasteiger partial charge on any atom is -0.444 e. The van der Waals surface area contributed by atoms with E-state index in [0.717, 1.165) is 35.7 Å². The Kier molecular flexibility index (Phi) is 4.39. The lowest BCUT2D eigenvalue weighted by Gasteiger charge is -2.30. The number of aryl methyl sites for hydroxylation is 1. The normalized spacial score (nSPS) is 15.2. The van der Waals surface area contributed by atoms with Crippen molar-refractivity contribution in [1.29, 1.82) is 0 Å². The number of benzene rings is 1. The molecule has 1 aliphatic heterocycles. The minimum absolute atomic E-state index is 0.0932. The highest BCUT2D eigenvalue weighted by molar-refractivity contribution is 5.90. The Labute approximate surface area is 150 Å². The third-order valence-electron chi connectivity index (χ3n) is 4.59. The monoisotopic (exact) mass is 352 g/mol. The van der Waals surface area contributed by atoms with Crippen LogP contribution in [0, 0.1) is 6.92 Å². The van der Waals surface area contributed by atoms with E-state index in [4.69, 9.17) is 4.42 Å². The van der Waals surface area contributed by atoms with Gasteiger partial charge in [-0.1, -0.05) is 12.1 Å². The molecule has 0 aliphatic carbocycles. The number of amides is 2. The van der Waals surface area contributed by atoms with Crippen LogP contribution >= 0.6 is 0 Å². The van der Waals surface area contributed by atoms with Crippen LogP contribution in [0.15, 0.2) is 41.3 Å². The highest BCUT2D eigenvalue weighted by Gasteiger charge is 2.26. The third kappa shape index (κ3) is 3.44. The Bertz CT molecular complexity index is 881. The Morgan fingerprint density at radius 2 is 2.19 bits per heavy atom. The molecule has 0 radical (unpaired) electrons. The molecule has 0 saturated carbocycles. The van der Waals surface area contributed by atoms with Crippen molar-refractivity contribution in [2.75, 3.05) is 18.4 Å². The maximum atomic E-state index is 12.6. The van der Waals surface area contributed by atoms with Crippen LogP contribution in [0.4, 0.5) is 10.5 Å². The van der Waals surface area contributed by atoms with Gasteiger partial charge in [-0.05, 0) is 31.9 Å². The van der Waals surface area contributed by atoms with Crippen LogP contribution in [-0.2, 0) is 0 Å². The van der Waals surface area contributed by atoms with Crippen molar-refractivity contribution >= 4 is 11.7 Å². The molecule has 8 nitrogen and oxygen atoms in total. The molecule has 2 aromatic heterocycles. The predicted molar refractivity (Wildman–Crippen MR) is 95.6 cm³/mol. The van der Waals surface area contributed by atoms with E-state index >= 15 is 0 Å². The number of H-pyrrole nitrogens is 1. The molecule has 4 rings (SSSR count). The first-order valence-electron chi connectivity index (χ1n) is 8.63. The zero-order valence-corrected chi connectivity index (χ0v) is 14.5. The molecule has 1 aromatic carbocycles. The zero-order valence-electron chi connectivity index (χ0n) is 14.5. The number of anilines is 1. The van der Waals surface area contributed by atoms with Crippen molar-refractivity contribution in [3.05, 3.63) is 48.5 Å². The van der Waals surface area contributed by atoms with Gasteiger partial charge in [0.05, 0.1) is 6.20 Å².